The van der Waals surface area contributed by atoms with E-state index in [2.05, 4.69) is 68.3 Å². The molecule has 0 fully saturated rings. The Labute approximate surface area is 191 Å². The van der Waals surface area contributed by atoms with Crippen molar-refractivity contribution in [3.63, 3.8) is 0 Å². The van der Waals surface area contributed by atoms with Gasteiger partial charge in [0, 0.05) is 30.2 Å². The van der Waals surface area contributed by atoms with Crippen LogP contribution in [0, 0.1) is 0 Å². The molecule has 0 bridgehead atoms. The van der Waals surface area contributed by atoms with Crippen LogP contribution in [0.1, 0.15) is 11.1 Å². The Hall–Kier alpha value is -1.08. The molecule has 3 rings (SSSR count). The number of ether oxygens (including phenoxy) is 2. The first-order valence-electron chi connectivity index (χ1n) is 8.60. The molecule has 3 aromatic carbocycles. The van der Waals surface area contributed by atoms with Crippen molar-refractivity contribution in [1.29, 1.82) is 0 Å². The zero-order valence-corrected chi connectivity index (χ0v) is 20.4. The minimum atomic E-state index is 0.883. The van der Waals surface area contributed by atoms with Crippen molar-refractivity contribution in [2.75, 3.05) is 14.2 Å². The van der Waals surface area contributed by atoms with Crippen molar-refractivity contribution >= 4 is 55.4 Å². The minimum Gasteiger partial charge on any atom is -0.497 e. The van der Waals surface area contributed by atoms with Gasteiger partial charge in [-0.3, -0.25) is 0 Å². The summed E-state index contributed by atoms with van der Waals surface area (Å²) in [7, 11) is 3.38. The lowest BCUT2D eigenvalue weighted by Crippen LogP contribution is -1.89. The van der Waals surface area contributed by atoms with Crippen LogP contribution in [0.4, 0.5) is 0 Å². The van der Waals surface area contributed by atoms with Gasteiger partial charge in [0.25, 0.3) is 0 Å². The van der Waals surface area contributed by atoms with Crippen LogP contribution in [0.15, 0.2) is 79.4 Å². The van der Waals surface area contributed by atoms with Crippen molar-refractivity contribution < 1.29 is 9.47 Å². The number of benzene rings is 3. The molecule has 0 aliphatic heterocycles. The zero-order chi connectivity index (χ0) is 19.9. The van der Waals surface area contributed by atoms with Crippen molar-refractivity contribution in [1.82, 2.24) is 0 Å². The van der Waals surface area contributed by atoms with Crippen LogP contribution in [-0.2, 0) is 11.5 Å². The van der Waals surface area contributed by atoms with Gasteiger partial charge in [0.1, 0.15) is 11.5 Å². The fourth-order valence-electron chi connectivity index (χ4n) is 2.54. The summed E-state index contributed by atoms with van der Waals surface area (Å²) in [5.41, 5.74) is 2.53. The summed E-state index contributed by atoms with van der Waals surface area (Å²) in [6.45, 7) is 0. The van der Waals surface area contributed by atoms with Gasteiger partial charge in [-0.15, -0.1) is 23.5 Å². The highest BCUT2D eigenvalue weighted by Crippen LogP contribution is 2.43. The fourth-order valence-corrected chi connectivity index (χ4v) is 6.40. The third-order valence-corrected chi connectivity index (χ3v) is 8.46. The van der Waals surface area contributed by atoms with Crippen molar-refractivity contribution in [2.24, 2.45) is 0 Å². The van der Waals surface area contributed by atoms with E-state index in [9.17, 15) is 0 Å². The number of hydrogen-bond acceptors (Lipinski definition) is 4. The number of thioether (sulfide) groups is 2. The first kappa shape index (κ1) is 21.6. The van der Waals surface area contributed by atoms with E-state index in [1.54, 1.807) is 14.2 Å². The van der Waals surface area contributed by atoms with Crippen molar-refractivity contribution in [2.45, 2.75) is 21.3 Å². The van der Waals surface area contributed by atoms with Crippen molar-refractivity contribution in [3.8, 4) is 11.5 Å². The Morgan fingerprint density at radius 1 is 0.607 bits per heavy atom. The Bertz CT molecular complexity index is 837. The van der Waals surface area contributed by atoms with E-state index >= 15 is 0 Å². The molecule has 0 atom stereocenters. The van der Waals surface area contributed by atoms with E-state index in [4.69, 9.17) is 9.47 Å². The molecule has 0 unspecified atom stereocenters. The van der Waals surface area contributed by atoms with E-state index < -0.39 is 0 Å². The maximum Gasteiger partial charge on any atom is 0.118 e. The van der Waals surface area contributed by atoms with E-state index in [1.165, 1.54) is 20.9 Å². The topological polar surface area (TPSA) is 18.5 Å². The van der Waals surface area contributed by atoms with Crippen LogP contribution in [0.3, 0.4) is 0 Å². The predicted octanol–water partition coefficient (Wildman–Crippen LogP) is 7.81. The zero-order valence-electron chi connectivity index (χ0n) is 15.6. The Balaban J connectivity index is 1.73. The second-order valence-electron chi connectivity index (χ2n) is 5.96. The van der Waals surface area contributed by atoms with Crippen LogP contribution in [0.25, 0.3) is 0 Å². The fraction of sp³-hybridized carbons (Fsp3) is 0.182. The predicted molar refractivity (Wildman–Crippen MR) is 127 cm³/mol. The molecule has 3 aromatic rings. The SMILES string of the molecule is COc1ccc(CSc2c(Br)ccc(Br)c2SCc2ccc(OC)cc2)cc1. The molecule has 146 valence electrons. The quantitative estimate of drug-likeness (QED) is 0.271. The molecule has 0 spiro atoms. The first-order chi connectivity index (χ1) is 13.6. The molecule has 6 heteroatoms. The lowest BCUT2D eigenvalue weighted by molar-refractivity contribution is 0.414. The summed E-state index contributed by atoms with van der Waals surface area (Å²) in [6.07, 6.45) is 0. The summed E-state index contributed by atoms with van der Waals surface area (Å²) in [6, 6.07) is 20.7. The number of halogens is 2. The van der Waals surface area contributed by atoms with E-state index in [0.29, 0.717) is 0 Å². The Morgan fingerprint density at radius 2 is 0.964 bits per heavy atom. The number of rotatable bonds is 8. The van der Waals surface area contributed by atoms with E-state index in [0.717, 1.165) is 32.0 Å². The first-order valence-corrected chi connectivity index (χ1v) is 12.2. The van der Waals surface area contributed by atoms with Crippen LogP contribution in [-0.4, -0.2) is 14.2 Å². The Morgan fingerprint density at radius 3 is 1.29 bits per heavy atom. The average Bonchev–Trinajstić information content (AvgIpc) is 2.74. The van der Waals surface area contributed by atoms with Gasteiger partial charge in [0.05, 0.1) is 14.2 Å². The molecule has 0 saturated carbocycles. The Kier molecular flexibility index (Phi) is 8.21. The molecule has 0 aliphatic rings. The van der Waals surface area contributed by atoms with E-state index in [-0.39, 0.29) is 0 Å². The van der Waals surface area contributed by atoms with Crippen LogP contribution in [0.5, 0.6) is 11.5 Å². The highest BCUT2D eigenvalue weighted by molar-refractivity contribution is 9.11. The van der Waals surface area contributed by atoms with Gasteiger partial charge in [-0.1, -0.05) is 24.3 Å². The molecule has 0 radical (unpaired) electrons. The standard InChI is InChI=1S/C22H20Br2O2S2/c1-25-17-7-3-15(4-8-17)13-27-21-19(23)11-12-20(24)22(21)28-14-16-5-9-18(26-2)10-6-16/h3-12H,13-14H2,1-2H3. The van der Waals surface area contributed by atoms with Gasteiger partial charge in [-0.25, -0.2) is 0 Å². The molecule has 0 aliphatic carbocycles. The van der Waals surface area contributed by atoms with Crippen LogP contribution < -0.4 is 9.47 Å². The van der Waals surface area contributed by atoms with Gasteiger partial charge >= 0.3 is 0 Å². The maximum absolute atomic E-state index is 5.24. The molecule has 28 heavy (non-hydrogen) atoms. The highest BCUT2D eigenvalue weighted by atomic mass is 79.9. The summed E-state index contributed by atoms with van der Waals surface area (Å²) in [5.74, 6) is 3.56. The summed E-state index contributed by atoms with van der Waals surface area (Å²) in [5, 5.41) is 0. The molecular formula is C22H20Br2O2S2. The number of hydrogen-bond donors (Lipinski definition) is 0. The van der Waals surface area contributed by atoms with Gasteiger partial charge in [-0.2, -0.15) is 0 Å². The molecule has 2 nitrogen and oxygen atoms in total. The van der Waals surface area contributed by atoms with Gasteiger partial charge in [0.15, 0.2) is 0 Å². The smallest absolute Gasteiger partial charge is 0.118 e. The highest BCUT2D eigenvalue weighted by Gasteiger charge is 2.13. The normalized spacial score (nSPS) is 10.7. The molecule has 0 heterocycles. The third kappa shape index (κ3) is 5.72. The largest absolute Gasteiger partial charge is 0.497 e. The molecule has 0 N–H and O–H groups in total. The summed E-state index contributed by atoms with van der Waals surface area (Å²) >= 11 is 11.1. The van der Waals surface area contributed by atoms with Gasteiger partial charge < -0.3 is 9.47 Å². The van der Waals surface area contributed by atoms with Gasteiger partial charge in [0.2, 0.25) is 0 Å². The van der Waals surface area contributed by atoms with Crippen LogP contribution in [0.2, 0.25) is 0 Å². The minimum absolute atomic E-state index is 0.883. The molecule has 0 aromatic heterocycles. The molecule has 0 saturated heterocycles. The lowest BCUT2D eigenvalue weighted by atomic mass is 10.2. The van der Waals surface area contributed by atoms with Crippen molar-refractivity contribution in [3.05, 3.63) is 80.7 Å². The van der Waals surface area contributed by atoms with E-state index in [1.807, 2.05) is 47.8 Å². The van der Waals surface area contributed by atoms with Gasteiger partial charge in [-0.05, 0) is 79.4 Å². The summed E-state index contributed by atoms with van der Waals surface area (Å²) < 4.78 is 12.7. The average molecular weight is 540 g/mol. The van der Waals surface area contributed by atoms with Crippen LogP contribution >= 0.6 is 55.4 Å². The maximum atomic E-state index is 5.24. The molecular weight excluding hydrogens is 520 g/mol. The second-order valence-corrected chi connectivity index (χ2v) is 9.64. The lowest BCUT2D eigenvalue weighted by Gasteiger charge is -2.14. The molecule has 0 amide bonds. The second kappa shape index (κ2) is 10.6. The monoisotopic (exact) mass is 538 g/mol. The third-order valence-electron chi connectivity index (χ3n) is 4.10. The number of methoxy groups -OCH3 is 2. The summed E-state index contributed by atoms with van der Waals surface area (Å²) in [4.78, 5) is 2.51.